The van der Waals surface area contributed by atoms with E-state index in [0.29, 0.717) is 11.5 Å². The van der Waals surface area contributed by atoms with E-state index in [9.17, 15) is 8.42 Å². The zero-order valence-corrected chi connectivity index (χ0v) is 12.1. The molecule has 0 aliphatic rings. The Bertz CT molecular complexity index is 488. The van der Waals surface area contributed by atoms with Crippen molar-refractivity contribution >= 4 is 10.0 Å². The standard InChI is InChI=1S/C12H21NO3S/c1-8(2)10(4)13(6)17(14,15)12-7-9(3)16-11(12)5/h7-8,10H,1-6H3. The largest absolute Gasteiger partial charge is 0.465 e. The predicted molar refractivity (Wildman–Crippen MR) is 67.4 cm³/mol. The summed E-state index contributed by atoms with van der Waals surface area (Å²) in [6, 6.07) is 1.53. The summed E-state index contributed by atoms with van der Waals surface area (Å²) in [5.74, 6) is 1.33. The molecule has 0 radical (unpaired) electrons. The highest BCUT2D eigenvalue weighted by Crippen LogP contribution is 2.25. The molecule has 1 rings (SSSR count). The second-order valence-electron chi connectivity index (χ2n) is 4.78. The van der Waals surface area contributed by atoms with Crippen molar-refractivity contribution in [2.75, 3.05) is 7.05 Å². The van der Waals surface area contributed by atoms with Gasteiger partial charge < -0.3 is 4.42 Å². The molecule has 0 saturated heterocycles. The lowest BCUT2D eigenvalue weighted by Crippen LogP contribution is -2.38. The Hall–Kier alpha value is -0.810. The van der Waals surface area contributed by atoms with Gasteiger partial charge in [0.25, 0.3) is 0 Å². The average Bonchev–Trinajstić information content (AvgIpc) is 2.56. The Kier molecular flexibility index (Phi) is 4.04. The fourth-order valence-electron chi connectivity index (χ4n) is 1.66. The number of furan rings is 1. The van der Waals surface area contributed by atoms with Crippen LogP contribution in [0.3, 0.4) is 0 Å². The third kappa shape index (κ3) is 2.72. The van der Waals surface area contributed by atoms with Gasteiger partial charge >= 0.3 is 0 Å². The first kappa shape index (κ1) is 14.3. The van der Waals surface area contributed by atoms with Crippen LogP contribution >= 0.6 is 0 Å². The van der Waals surface area contributed by atoms with Crippen LogP contribution in [0.5, 0.6) is 0 Å². The molecule has 17 heavy (non-hydrogen) atoms. The summed E-state index contributed by atoms with van der Waals surface area (Å²) < 4.78 is 31.5. The molecule has 0 fully saturated rings. The third-order valence-electron chi connectivity index (χ3n) is 3.19. The van der Waals surface area contributed by atoms with Crippen LogP contribution in [0.2, 0.25) is 0 Å². The molecule has 1 atom stereocenters. The molecule has 0 spiro atoms. The second-order valence-corrected chi connectivity index (χ2v) is 6.75. The molecular formula is C12H21NO3S. The van der Waals surface area contributed by atoms with Gasteiger partial charge in [0.1, 0.15) is 16.4 Å². The van der Waals surface area contributed by atoms with Crippen molar-refractivity contribution in [3.05, 3.63) is 17.6 Å². The number of nitrogens with zero attached hydrogens (tertiary/aromatic N) is 1. The van der Waals surface area contributed by atoms with Crippen molar-refractivity contribution in [2.45, 2.75) is 45.6 Å². The molecule has 0 aromatic carbocycles. The fourth-order valence-corrected chi connectivity index (χ4v) is 3.37. The molecule has 0 N–H and O–H groups in total. The van der Waals surface area contributed by atoms with Gasteiger partial charge in [0.2, 0.25) is 10.0 Å². The summed E-state index contributed by atoms with van der Waals surface area (Å²) in [4.78, 5) is 0.269. The van der Waals surface area contributed by atoms with Crippen molar-refractivity contribution < 1.29 is 12.8 Å². The van der Waals surface area contributed by atoms with E-state index >= 15 is 0 Å². The van der Waals surface area contributed by atoms with Crippen LogP contribution in [0.4, 0.5) is 0 Å². The van der Waals surface area contributed by atoms with Crippen LogP contribution in [-0.4, -0.2) is 25.8 Å². The lowest BCUT2D eigenvalue weighted by atomic mass is 10.1. The molecule has 1 aromatic heterocycles. The third-order valence-corrected chi connectivity index (χ3v) is 5.24. The molecule has 0 amide bonds. The van der Waals surface area contributed by atoms with E-state index in [-0.39, 0.29) is 16.9 Å². The van der Waals surface area contributed by atoms with Crippen molar-refractivity contribution in [1.29, 1.82) is 0 Å². The normalized spacial score (nSPS) is 14.6. The molecule has 0 saturated carbocycles. The maximum absolute atomic E-state index is 12.4. The smallest absolute Gasteiger partial charge is 0.246 e. The van der Waals surface area contributed by atoms with Crippen LogP contribution in [0, 0.1) is 19.8 Å². The lowest BCUT2D eigenvalue weighted by Gasteiger charge is -2.26. The lowest BCUT2D eigenvalue weighted by molar-refractivity contribution is 0.315. The van der Waals surface area contributed by atoms with E-state index in [1.54, 1.807) is 27.0 Å². The van der Waals surface area contributed by atoms with Crippen LogP contribution < -0.4 is 0 Å². The van der Waals surface area contributed by atoms with E-state index in [0.717, 1.165) is 0 Å². The zero-order valence-electron chi connectivity index (χ0n) is 11.3. The number of rotatable bonds is 4. The molecule has 98 valence electrons. The fraction of sp³-hybridized carbons (Fsp3) is 0.667. The van der Waals surface area contributed by atoms with Gasteiger partial charge in [0.15, 0.2) is 0 Å². The van der Waals surface area contributed by atoms with Crippen molar-refractivity contribution in [2.24, 2.45) is 5.92 Å². The van der Waals surface area contributed by atoms with Gasteiger partial charge in [-0.1, -0.05) is 13.8 Å². The number of sulfonamides is 1. The number of aryl methyl sites for hydroxylation is 2. The quantitative estimate of drug-likeness (QED) is 0.835. The molecular weight excluding hydrogens is 238 g/mol. The minimum atomic E-state index is -3.45. The molecule has 0 aliphatic heterocycles. The van der Waals surface area contributed by atoms with Gasteiger partial charge in [-0.15, -0.1) is 0 Å². The maximum Gasteiger partial charge on any atom is 0.246 e. The van der Waals surface area contributed by atoms with Gasteiger partial charge in [0, 0.05) is 13.1 Å². The van der Waals surface area contributed by atoms with Gasteiger partial charge in [-0.2, -0.15) is 4.31 Å². The van der Waals surface area contributed by atoms with E-state index < -0.39 is 10.0 Å². The minimum absolute atomic E-state index is 0.0467. The summed E-state index contributed by atoms with van der Waals surface area (Å²) in [6.45, 7) is 9.34. The van der Waals surface area contributed by atoms with Crippen LogP contribution in [0.15, 0.2) is 15.4 Å². The molecule has 1 aromatic rings. The molecule has 1 unspecified atom stereocenters. The predicted octanol–water partition coefficient (Wildman–Crippen LogP) is 2.56. The van der Waals surface area contributed by atoms with E-state index in [1.165, 1.54) is 4.31 Å². The van der Waals surface area contributed by atoms with Crippen LogP contribution in [0.25, 0.3) is 0 Å². The highest BCUT2D eigenvalue weighted by Gasteiger charge is 2.30. The first-order valence-electron chi connectivity index (χ1n) is 5.73. The summed E-state index contributed by atoms with van der Waals surface area (Å²) in [5.41, 5.74) is 0. The van der Waals surface area contributed by atoms with E-state index in [2.05, 4.69) is 0 Å². The van der Waals surface area contributed by atoms with Crippen molar-refractivity contribution in [1.82, 2.24) is 4.31 Å². The van der Waals surface area contributed by atoms with Gasteiger partial charge in [-0.3, -0.25) is 0 Å². The number of hydrogen-bond donors (Lipinski definition) is 0. The Morgan fingerprint density at radius 3 is 2.12 bits per heavy atom. The Morgan fingerprint density at radius 1 is 1.24 bits per heavy atom. The highest BCUT2D eigenvalue weighted by molar-refractivity contribution is 7.89. The molecule has 5 heteroatoms. The monoisotopic (exact) mass is 259 g/mol. The number of hydrogen-bond acceptors (Lipinski definition) is 3. The minimum Gasteiger partial charge on any atom is -0.465 e. The second kappa shape index (κ2) is 4.82. The molecule has 1 heterocycles. The molecule has 4 nitrogen and oxygen atoms in total. The summed E-state index contributed by atoms with van der Waals surface area (Å²) in [6.07, 6.45) is 0. The highest BCUT2D eigenvalue weighted by atomic mass is 32.2. The SMILES string of the molecule is Cc1cc(S(=O)(=O)N(C)C(C)C(C)C)c(C)o1. The van der Waals surface area contributed by atoms with Gasteiger partial charge in [0.05, 0.1) is 0 Å². The molecule has 0 aliphatic carbocycles. The van der Waals surface area contributed by atoms with Crippen LogP contribution in [-0.2, 0) is 10.0 Å². The average molecular weight is 259 g/mol. The van der Waals surface area contributed by atoms with Crippen LogP contribution in [0.1, 0.15) is 32.3 Å². The van der Waals surface area contributed by atoms with Crippen molar-refractivity contribution in [3.63, 3.8) is 0 Å². The summed E-state index contributed by atoms with van der Waals surface area (Å²) in [5, 5.41) is 0. The Morgan fingerprint density at radius 2 is 1.76 bits per heavy atom. The topological polar surface area (TPSA) is 50.5 Å². The van der Waals surface area contributed by atoms with Gasteiger partial charge in [-0.25, -0.2) is 8.42 Å². The summed E-state index contributed by atoms with van der Waals surface area (Å²) in [7, 11) is -1.84. The summed E-state index contributed by atoms with van der Waals surface area (Å²) >= 11 is 0. The first-order chi connectivity index (χ1) is 7.67. The van der Waals surface area contributed by atoms with E-state index in [4.69, 9.17) is 4.42 Å². The maximum atomic E-state index is 12.4. The Labute approximate surface area is 104 Å². The first-order valence-corrected chi connectivity index (χ1v) is 7.17. The molecule has 0 bridgehead atoms. The van der Waals surface area contributed by atoms with Crippen molar-refractivity contribution in [3.8, 4) is 0 Å². The Balaban J connectivity index is 3.16. The zero-order chi connectivity index (χ0) is 13.4. The van der Waals surface area contributed by atoms with E-state index in [1.807, 2.05) is 20.8 Å². The van der Waals surface area contributed by atoms with Gasteiger partial charge in [-0.05, 0) is 32.8 Å².